The quantitative estimate of drug-likeness (QED) is 0.388. The number of benzene rings is 3. The molecule has 7 heteroatoms. The van der Waals surface area contributed by atoms with Crippen molar-refractivity contribution in [2.24, 2.45) is 0 Å². The Kier molecular flexibility index (Phi) is 6.61. The first kappa shape index (κ1) is 21.6. The monoisotopic (exact) mass is 439 g/mol. The number of nitrogens with one attached hydrogen (secondary N) is 3. The van der Waals surface area contributed by atoms with E-state index in [1.807, 2.05) is 18.2 Å². The van der Waals surface area contributed by atoms with Gasteiger partial charge in [0.25, 0.3) is 17.7 Å². The molecule has 1 heterocycles. The molecule has 0 fully saturated rings. The van der Waals surface area contributed by atoms with Gasteiger partial charge in [0.1, 0.15) is 0 Å². The van der Waals surface area contributed by atoms with Crippen molar-refractivity contribution in [3.8, 4) is 0 Å². The molecule has 4 rings (SSSR count). The summed E-state index contributed by atoms with van der Waals surface area (Å²) in [5, 5.41) is 8.40. The highest BCUT2D eigenvalue weighted by molar-refractivity contribution is 6.04. The number of hydrogen-bond acceptors (Lipinski definition) is 4. The van der Waals surface area contributed by atoms with Gasteiger partial charge in [0.2, 0.25) is 0 Å². The van der Waals surface area contributed by atoms with Crippen LogP contribution in [0.2, 0.25) is 0 Å². The van der Waals surface area contributed by atoms with E-state index in [1.165, 1.54) is 6.26 Å². The Morgan fingerprint density at radius 1 is 0.606 bits per heavy atom. The first-order valence-corrected chi connectivity index (χ1v) is 10.3. The lowest BCUT2D eigenvalue weighted by atomic mass is 10.1. The molecule has 0 radical (unpaired) electrons. The van der Waals surface area contributed by atoms with Crippen LogP contribution in [0.5, 0.6) is 0 Å². The Morgan fingerprint density at radius 3 is 1.85 bits per heavy atom. The van der Waals surface area contributed by atoms with E-state index in [4.69, 9.17) is 4.42 Å². The first-order valence-electron chi connectivity index (χ1n) is 10.3. The Bertz CT molecular complexity index is 1230. The molecule has 3 aromatic carbocycles. The van der Waals surface area contributed by atoms with Crippen LogP contribution < -0.4 is 16.0 Å². The van der Waals surface area contributed by atoms with E-state index in [1.54, 1.807) is 72.8 Å². The van der Waals surface area contributed by atoms with Gasteiger partial charge in [0.15, 0.2) is 5.76 Å². The molecular weight excluding hydrogens is 418 g/mol. The van der Waals surface area contributed by atoms with Gasteiger partial charge in [0, 0.05) is 29.0 Å². The van der Waals surface area contributed by atoms with Crippen molar-refractivity contribution >= 4 is 29.1 Å². The van der Waals surface area contributed by atoms with Gasteiger partial charge < -0.3 is 20.4 Å². The van der Waals surface area contributed by atoms with Crippen molar-refractivity contribution in [2.75, 3.05) is 10.6 Å². The molecule has 0 atom stereocenters. The largest absolute Gasteiger partial charge is 0.459 e. The summed E-state index contributed by atoms with van der Waals surface area (Å²) < 4.78 is 5.06. The molecule has 0 saturated carbocycles. The van der Waals surface area contributed by atoms with Crippen molar-refractivity contribution in [1.29, 1.82) is 0 Å². The van der Waals surface area contributed by atoms with E-state index in [-0.39, 0.29) is 23.5 Å². The van der Waals surface area contributed by atoms with Gasteiger partial charge in [-0.1, -0.05) is 30.3 Å². The van der Waals surface area contributed by atoms with Gasteiger partial charge in [-0.05, 0) is 66.2 Å². The van der Waals surface area contributed by atoms with Crippen molar-refractivity contribution < 1.29 is 18.8 Å². The predicted molar refractivity (Wildman–Crippen MR) is 125 cm³/mol. The maximum Gasteiger partial charge on any atom is 0.291 e. The average molecular weight is 439 g/mol. The minimum atomic E-state index is -0.329. The summed E-state index contributed by atoms with van der Waals surface area (Å²) in [7, 11) is 0. The van der Waals surface area contributed by atoms with E-state index >= 15 is 0 Å². The van der Waals surface area contributed by atoms with Gasteiger partial charge in [-0.3, -0.25) is 14.4 Å². The number of furan rings is 1. The second-order valence-corrected chi connectivity index (χ2v) is 7.21. The molecular formula is C26H21N3O4. The zero-order chi connectivity index (χ0) is 23.0. The van der Waals surface area contributed by atoms with Crippen LogP contribution in [0, 0.1) is 0 Å². The molecule has 0 saturated heterocycles. The van der Waals surface area contributed by atoms with E-state index in [2.05, 4.69) is 16.0 Å². The molecule has 0 aliphatic heterocycles. The van der Waals surface area contributed by atoms with Crippen LogP contribution in [0.4, 0.5) is 11.4 Å². The van der Waals surface area contributed by atoms with Crippen LogP contribution >= 0.6 is 0 Å². The Morgan fingerprint density at radius 2 is 1.21 bits per heavy atom. The number of carbonyl (C=O) groups is 3. The van der Waals surface area contributed by atoms with E-state index in [9.17, 15) is 14.4 Å². The SMILES string of the molecule is O=C(NCc1ccc(NC(=O)c2ccco2)cc1)c1ccc(NC(=O)c2ccccc2)cc1. The average Bonchev–Trinajstić information content (AvgIpc) is 3.40. The lowest BCUT2D eigenvalue weighted by Gasteiger charge is -2.09. The molecule has 0 bridgehead atoms. The summed E-state index contributed by atoms with van der Waals surface area (Å²) in [4.78, 5) is 36.7. The molecule has 0 unspecified atom stereocenters. The van der Waals surface area contributed by atoms with Crippen molar-refractivity contribution in [2.45, 2.75) is 6.54 Å². The van der Waals surface area contributed by atoms with Crippen LogP contribution in [0.25, 0.3) is 0 Å². The number of anilines is 2. The number of amides is 3. The normalized spacial score (nSPS) is 10.3. The maximum absolute atomic E-state index is 12.5. The van der Waals surface area contributed by atoms with Crippen LogP contribution in [0.1, 0.15) is 36.8 Å². The van der Waals surface area contributed by atoms with Gasteiger partial charge in [0.05, 0.1) is 6.26 Å². The predicted octanol–water partition coefficient (Wildman–Crippen LogP) is 4.71. The number of hydrogen-bond donors (Lipinski definition) is 3. The van der Waals surface area contributed by atoms with E-state index in [0.29, 0.717) is 29.0 Å². The second-order valence-electron chi connectivity index (χ2n) is 7.21. The number of rotatable bonds is 7. The lowest BCUT2D eigenvalue weighted by Crippen LogP contribution is -2.22. The van der Waals surface area contributed by atoms with Gasteiger partial charge in [-0.2, -0.15) is 0 Å². The van der Waals surface area contributed by atoms with Gasteiger partial charge >= 0.3 is 0 Å². The zero-order valence-corrected chi connectivity index (χ0v) is 17.6. The highest BCUT2D eigenvalue weighted by Crippen LogP contribution is 2.14. The molecule has 3 N–H and O–H groups in total. The fourth-order valence-electron chi connectivity index (χ4n) is 3.09. The minimum absolute atomic E-state index is 0.211. The number of carbonyl (C=O) groups excluding carboxylic acids is 3. The van der Waals surface area contributed by atoms with Crippen LogP contribution in [0.15, 0.2) is 102 Å². The molecule has 0 aliphatic rings. The zero-order valence-electron chi connectivity index (χ0n) is 17.6. The summed E-state index contributed by atoms with van der Waals surface area (Å²) >= 11 is 0. The van der Waals surface area contributed by atoms with Crippen molar-refractivity contribution in [1.82, 2.24) is 5.32 Å². The van der Waals surface area contributed by atoms with E-state index in [0.717, 1.165) is 5.56 Å². The molecule has 164 valence electrons. The van der Waals surface area contributed by atoms with Gasteiger partial charge in [-0.25, -0.2) is 0 Å². The highest BCUT2D eigenvalue weighted by Gasteiger charge is 2.10. The maximum atomic E-state index is 12.5. The standard InChI is InChI=1S/C26H21N3O4/c30-24(20-10-14-22(15-11-20)28-25(31)19-5-2-1-3-6-19)27-17-18-8-12-21(13-9-18)29-26(32)23-7-4-16-33-23/h1-16H,17H2,(H,27,30)(H,28,31)(H,29,32). The minimum Gasteiger partial charge on any atom is -0.459 e. The fourth-order valence-corrected chi connectivity index (χ4v) is 3.09. The van der Waals surface area contributed by atoms with Gasteiger partial charge in [-0.15, -0.1) is 0 Å². The molecule has 4 aromatic rings. The second kappa shape index (κ2) is 10.1. The summed E-state index contributed by atoms with van der Waals surface area (Å²) in [6.07, 6.45) is 1.44. The highest BCUT2D eigenvalue weighted by atomic mass is 16.3. The molecule has 0 spiro atoms. The Balaban J connectivity index is 1.28. The summed E-state index contributed by atoms with van der Waals surface area (Å²) in [5.74, 6) is -0.538. The van der Waals surface area contributed by atoms with Crippen molar-refractivity contribution in [3.05, 3.63) is 120 Å². The third-order valence-electron chi connectivity index (χ3n) is 4.85. The molecule has 3 amide bonds. The van der Waals surface area contributed by atoms with Crippen LogP contribution in [-0.4, -0.2) is 17.7 Å². The molecule has 0 aliphatic carbocycles. The molecule has 7 nitrogen and oxygen atoms in total. The third-order valence-corrected chi connectivity index (χ3v) is 4.85. The lowest BCUT2D eigenvalue weighted by molar-refractivity contribution is 0.0949. The van der Waals surface area contributed by atoms with Crippen LogP contribution in [-0.2, 0) is 6.54 Å². The topological polar surface area (TPSA) is 100 Å². The smallest absolute Gasteiger partial charge is 0.291 e. The summed E-state index contributed by atoms with van der Waals surface area (Å²) in [6, 6.07) is 26.0. The summed E-state index contributed by atoms with van der Waals surface area (Å²) in [5.41, 5.74) is 3.15. The molecule has 33 heavy (non-hydrogen) atoms. The Hall–Kier alpha value is -4.65. The fraction of sp³-hybridized carbons (Fsp3) is 0.0385. The Labute approximate surface area is 190 Å². The van der Waals surface area contributed by atoms with E-state index < -0.39 is 0 Å². The summed E-state index contributed by atoms with van der Waals surface area (Å²) in [6.45, 7) is 0.331. The first-order chi connectivity index (χ1) is 16.1. The third kappa shape index (κ3) is 5.74. The van der Waals surface area contributed by atoms with Crippen LogP contribution in [0.3, 0.4) is 0 Å². The van der Waals surface area contributed by atoms with Crippen molar-refractivity contribution in [3.63, 3.8) is 0 Å². The molecule has 1 aromatic heterocycles.